The van der Waals surface area contributed by atoms with Crippen molar-refractivity contribution in [1.82, 2.24) is 20.5 Å². The maximum Gasteiger partial charge on any atom is 0.278 e. The zero-order valence-corrected chi connectivity index (χ0v) is 15.5. The van der Waals surface area contributed by atoms with E-state index in [0.29, 0.717) is 11.6 Å². The van der Waals surface area contributed by atoms with Gasteiger partial charge in [0.15, 0.2) is 6.10 Å². The third kappa shape index (κ3) is 4.08. The number of rotatable bonds is 6. The van der Waals surface area contributed by atoms with E-state index >= 15 is 0 Å². The lowest BCUT2D eigenvalue weighted by Crippen LogP contribution is -2.53. The number of aryl methyl sites for hydroxylation is 2. The predicted molar refractivity (Wildman–Crippen MR) is 94.0 cm³/mol. The van der Waals surface area contributed by atoms with Crippen LogP contribution in [0.5, 0.6) is 5.88 Å². The molecule has 1 aliphatic heterocycles. The summed E-state index contributed by atoms with van der Waals surface area (Å²) in [7, 11) is 1.69. The molecule has 27 heavy (non-hydrogen) atoms. The normalized spacial score (nSPS) is 19.8. The van der Waals surface area contributed by atoms with Crippen molar-refractivity contribution in [2.75, 3.05) is 26.8 Å². The minimum absolute atomic E-state index is 0.128. The predicted octanol–water partition coefficient (Wildman–Crippen LogP) is 0.780. The Hall–Kier alpha value is -2.94. The number of morpholine rings is 1. The molecule has 0 bridgehead atoms. The largest absolute Gasteiger partial charge is 0.472 e. The van der Waals surface area contributed by atoms with Gasteiger partial charge in [0.2, 0.25) is 5.91 Å². The van der Waals surface area contributed by atoms with Crippen LogP contribution in [-0.4, -0.2) is 59.9 Å². The number of likely N-dealkylation sites (N-methyl/N-ethyl adjacent to an activating group) is 1. The minimum atomic E-state index is -0.802. The molecule has 3 rings (SSSR count). The number of carbonyl (C=O) groups is 2. The van der Waals surface area contributed by atoms with Crippen molar-refractivity contribution in [2.45, 2.75) is 26.0 Å². The van der Waals surface area contributed by atoms with Crippen LogP contribution in [0.15, 0.2) is 28.9 Å². The van der Waals surface area contributed by atoms with Gasteiger partial charge >= 0.3 is 0 Å². The molecule has 9 nitrogen and oxygen atoms in total. The van der Waals surface area contributed by atoms with Gasteiger partial charge in [-0.25, -0.2) is 4.63 Å². The van der Waals surface area contributed by atoms with Gasteiger partial charge in [-0.3, -0.25) is 9.59 Å². The molecule has 1 fully saturated rings. The van der Waals surface area contributed by atoms with Crippen LogP contribution in [0.2, 0.25) is 0 Å². The Morgan fingerprint density at radius 2 is 2.11 bits per heavy atom. The number of nitrogens with zero attached hydrogens (tertiary/aromatic N) is 3. The monoisotopic (exact) mass is 374 g/mol. The summed E-state index contributed by atoms with van der Waals surface area (Å²) in [4.78, 5) is 26.4. The van der Waals surface area contributed by atoms with E-state index in [0.717, 1.165) is 11.1 Å². The minimum Gasteiger partial charge on any atom is -0.472 e. The number of aromatic nitrogens is 2. The smallest absolute Gasteiger partial charge is 0.278 e. The molecule has 1 aromatic carbocycles. The number of hydrogen-bond acceptors (Lipinski definition) is 7. The number of ether oxygens (including phenoxy) is 2. The lowest BCUT2D eigenvalue weighted by molar-refractivity contribution is -0.162. The van der Waals surface area contributed by atoms with E-state index in [1.54, 1.807) is 18.9 Å². The van der Waals surface area contributed by atoms with Gasteiger partial charge in [0, 0.05) is 7.05 Å². The summed E-state index contributed by atoms with van der Waals surface area (Å²) < 4.78 is 15.5. The first-order chi connectivity index (χ1) is 13.0. The SMILES string of the molecule is Cc1ccccc1[C@@H]1[C@@H](C(=O)NCCOc2nonc2C)OCC(=O)N1C. The Kier molecular flexibility index (Phi) is 5.70. The molecule has 144 valence electrons. The van der Waals surface area contributed by atoms with Gasteiger partial charge in [-0.05, 0) is 30.1 Å². The van der Waals surface area contributed by atoms with E-state index in [1.807, 2.05) is 31.2 Å². The maximum atomic E-state index is 12.7. The molecular weight excluding hydrogens is 352 g/mol. The topological polar surface area (TPSA) is 107 Å². The van der Waals surface area contributed by atoms with Gasteiger partial charge in [0.1, 0.15) is 18.9 Å². The third-order valence-electron chi connectivity index (χ3n) is 4.50. The summed E-state index contributed by atoms with van der Waals surface area (Å²) in [5.41, 5.74) is 2.41. The van der Waals surface area contributed by atoms with Gasteiger partial charge in [-0.15, -0.1) is 0 Å². The fourth-order valence-electron chi connectivity index (χ4n) is 3.00. The van der Waals surface area contributed by atoms with Crippen LogP contribution in [0, 0.1) is 13.8 Å². The number of nitrogens with one attached hydrogen (secondary N) is 1. The Bertz CT molecular complexity index is 822. The first kappa shape index (κ1) is 18.8. The standard InChI is InChI=1S/C18H22N4O5/c1-11-6-4-5-7-13(11)15-16(26-10-14(23)22(15)3)17(24)19-8-9-25-18-12(2)20-27-21-18/h4-7,15-16H,8-10H2,1-3H3,(H,19,24)/t15-,16+/m1/s1. The van der Waals surface area contributed by atoms with Gasteiger partial charge in [-0.2, -0.15) is 0 Å². The van der Waals surface area contributed by atoms with Crippen molar-refractivity contribution in [3.05, 3.63) is 41.1 Å². The number of hydrogen-bond donors (Lipinski definition) is 1. The molecular formula is C18H22N4O5. The highest BCUT2D eigenvalue weighted by atomic mass is 16.6. The highest BCUT2D eigenvalue weighted by Gasteiger charge is 2.40. The number of benzene rings is 1. The van der Waals surface area contributed by atoms with Crippen LogP contribution in [0.25, 0.3) is 0 Å². The second-order valence-corrected chi connectivity index (χ2v) is 6.33. The second-order valence-electron chi connectivity index (χ2n) is 6.33. The van der Waals surface area contributed by atoms with Crippen LogP contribution in [-0.2, 0) is 14.3 Å². The molecule has 9 heteroatoms. The molecule has 1 saturated heterocycles. The zero-order valence-electron chi connectivity index (χ0n) is 15.5. The van der Waals surface area contributed by atoms with Crippen LogP contribution in [0.3, 0.4) is 0 Å². The van der Waals surface area contributed by atoms with E-state index < -0.39 is 12.1 Å². The van der Waals surface area contributed by atoms with Crippen molar-refractivity contribution in [3.63, 3.8) is 0 Å². The average molecular weight is 374 g/mol. The van der Waals surface area contributed by atoms with E-state index in [4.69, 9.17) is 9.47 Å². The summed E-state index contributed by atoms with van der Waals surface area (Å²) in [6.07, 6.45) is -0.802. The fourth-order valence-corrected chi connectivity index (χ4v) is 3.00. The lowest BCUT2D eigenvalue weighted by atomic mass is 9.94. The van der Waals surface area contributed by atoms with Crippen molar-refractivity contribution >= 4 is 11.8 Å². The summed E-state index contributed by atoms with van der Waals surface area (Å²) in [6.45, 7) is 3.98. The summed E-state index contributed by atoms with van der Waals surface area (Å²) in [6, 6.07) is 7.15. The number of carbonyl (C=O) groups excluding carboxylic acids is 2. The van der Waals surface area contributed by atoms with Crippen LogP contribution < -0.4 is 10.1 Å². The van der Waals surface area contributed by atoms with Gasteiger partial charge < -0.3 is 19.7 Å². The van der Waals surface area contributed by atoms with Gasteiger partial charge in [-0.1, -0.05) is 29.4 Å². The molecule has 1 aromatic heterocycles. The molecule has 2 aromatic rings. The van der Waals surface area contributed by atoms with Crippen molar-refractivity contribution < 1.29 is 23.7 Å². The van der Waals surface area contributed by atoms with Crippen LogP contribution in [0.4, 0.5) is 0 Å². The molecule has 0 unspecified atom stereocenters. The van der Waals surface area contributed by atoms with Gasteiger partial charge in [0.05, 0.1) is 12.6 Å². The number of amides is 2. The summed E-state index contributed by atoms with van der Waals surface area (Å²) in [5.74, 6) is -0.174. The summed E-state index contributed by atoms with van der Waals surface area (Å²) in [5, 5.41) is 10.0. The molecule has 2 heterocycles. The zero-order chi connectivity index (χ0) is 19.4. The first-order valence-electron chi connectivity index (χ1n) is 8.61. The third-order valence-corrected chi connectivity index (χ3v) is 4.50. The van der Waals surface area contributed by atoms with Crippen molar-refractivity contribution in [3.8, 4) is 5.88 Å². The van der Waals surface area contributed by atoms with Gasteiger partial charge in [0.25, 0.3) is 11.8 Å². The molecule has 2 amide bonds. The molecule has 2 atom stereocenters. The summed E-state index contributed by atoms with van der Waals surface area (Å²) >= 11 is 0. The lowest BCUT2D eigenvalue weighted by Gasteiger charge is -2.38. The Labute approximate surface area is 156 Å². The molecule has 1 N–H and O–H groups in total. The Morgan fingerprint density at radius 3 is 2.81 bits per heavy atom. The molecule has 0 aliphatic carbocycles. The molecule has 1 aliphatic rings. The second kappa shape index (κ2) is 8.17. The molecule has 0 saturated carbocycles. The highest BCUT2D eigenvalue weighted by Crippen LogP contribution is 2.31. The Balaban J connectivity index is 1.65. The van der Waals surface area contributed by atoms with Crippen LogP contribution in [0.1, 0.15) is 22.9 Å². The van der Waals surface area contributed by atoms with Crippen molar-refractivity contribution in [2.24, 2.45) is 0 Å². The first-order valence-corrected chi connectivity index (χ1v) is 8.61. The van der Waals surface area contributed by atoms with E-state index in [1.165, 1.54) is 0 Å². The quantitative estimate of drug-likeness (QED) is 0.745. The highest BCUT2D eigenvalue weighted by molar-refractivity contribution is 5.86. The fraction of sp³-hybridized carbons (Fsp3) is 0.444. The molecule has 0 spiro atoms. The Morgan fingerprint density at radius 1 is 1.33 bits per heavy atom. The average Bonchev–Trinajstić information content (AvgIpc) is 3.06. The van der Waals surface area contributed by atoms with Crippen LogP contribution >= 0.6 is 0 Å². The van der Waals surface area contributed by atoms with E-state index in [9.17, 15) is 9.59 Å². The van der Waals surface area contributed by atoms with E-state index in [2.05, 4.69) is 20.3 Å². The molecule has 0 radical (unpaired) electrons. The maximum absolute atomic E-state index is 12.7. The van der Waals surface area contributed by atoms with E-state index in [-0.39, 0.29) is 31.6 Å². The van der Waals surface area contributed by atoms with Crippen molar-refractivity contribution in [1.29, 1.82) is 0 Å².